The predicted octanol–water partition coefficient (Wildman–Crippen LogP) is 0.386. The lowest BCUT2D eigenvalue weighted by atomic mass is 9.99. The van der Waals surface area contributed by atoms with E-state index in [2.05, 4.69) is 4.99 Å². The maximum Gasteiger partial charge on any atom is 0.134 e. The van der Waals surface area contributed by atoms with Crippen LogP contribution in [0.1, 0.15) is 12.5 Å². The highest BCUT2D eigenvalue weighted by atomic mass is 32.2. The molecule has 0 aliphatic carbocycles. The molecule has 2 aliphatic rings. The Morgan fingerprint density at radius 1 is 1.23 bits per heavy atom. The van der Waals surface area contributed by atoms with Gasteiger partial charge in [-0.05, 0) is 31.2 Å². The number of aliphatic hydroxyl groups is 3. The summed E-state index contributed by atoms with van der Waals surface area (Å²) in [7, 11) is 0. The van der Waals surface area contributed by atoms with Crippen LogP contribution in [0.3, 0.4) is 0 Å². The zero-order chi connectivity index (χ0) is 15.7. The summed E-state index contributed by atoms with van der Waals surface area (Å²) in [4.78, 5) is 4.48. The van der Waals surface area contributed by atoms with Crippen LogP contribution in [0.15, 0.2) is 29.3 Å². The van der Waals surface area contributed by atoms with Crippen LogP contribution in [0, 0.1) is 0 Å². The zero-order valence-corrected chi connectivity index (χ0v) is 12.9. The zero-order valence-electron chi connectivity index (χ0n) is 12.1. The number of aliphatic imine (C=N–C) groups is 1. The quantitative estimate of drug-likeness (QED) is 0.742. The number of benzene rings is 1. The van der Waals surface area contributed by atoms with E-state index in [0.29, 0.717) is 6.61 Å². The van der Waals surface area contributed by atoms with E-state index >= 15 is 0 Å². The van der Waals surface area contributed by atoms with E-state index in [9.17, 15) is 15.3 Å². The molecule has 0 saturated carbocycles. The topological polar surface area (TPSA) is 91.5 Å². The first-order valence-corrected chi connectivity index (χ1v) is 8.12. The summed E-state index contributed by atoms with van der Waals surface area (Å²) in [6, 6.07) is 7.02. The van der Waals surface area contributed by atoms with Crippen LogP contribution in [0.25, 0.3) is 0 Å². The molecule has 7 heteroatoms. The molecule has 2 aliphatic heterocycles. The van der Waals surface area contributed by atoms with Gasteiger partial charge in [0.1, 0.15) is 40.6 Å². The highest BCUT2D eigenvalue weighted by Gasteiger charge is 2.47. The van der Waals surface area contributed by atoms with E-state index in [1.54, 1.807) is 0 Å². The van der Waals surface area contributed by atoms with Gasteiger partial charge in [-0.2, -0.15) is 0 Å². The van der Waals surface area contributed by atoms with Crippen molar-refractivity contribution >= 4 is 16.8 Å². The van der Waals surface area contributed by atoms with Gasteiger partial charge < -0.3 is 24.8 Å². The summed E-state index contributed by atoms with van der Waals surface area (Å²) >= 11 is 1.40. The first kappa shape index (κ1) is 15.8. The number of hydrogen-bond donors (Lipinski definition) is 3. The molecule has 6 nitrogen and oxygen atoms in total. The monoisotopic (exact) mass is 325 g/mol. The highest BCUT2D eigenvalue weighted by Crippen LogP contribution is 2.38. The van der Waals surface area contributed by atoms with Gasteiger partial charge in [-0.3, -0.25) is 4.99 Å². The second-order valence-electron chi connectivity index (χ2n) is 5.21. The molecule has 0 aromatic heterocycles. The van der Waals surface area contributed by atoms with Crippen molar-refractivity contribution in [3.05, 3.63) is 29.8 Å². The largest absolute Gasteiger partial charge is 0.494 e. The molecule has 120 valence electrons. The Hall–Kier alpha value is -1.12. The van der Waals surface area contributed by atoms with Gasteiger partial charge in [0, 0.05) is 5.56 Å². The number of nitrogens with zero attached hydrogens (tertiary/aromatic N) is 1. The van der Waals surface area contributed by atoms with Crippen LogP contribution in [0.5, 0.6) is 5.75 Å². The molecule has 0 unspecified atom stereocenters. The molecule has 0 bridgehead atoms. The van der Waals surface area contributed by atoms with E-state index < -0.39 is 29.8 Å². The summed E-state index contributed by atoms with van der Waals surface area (Å²) < 4.78 is 11.0. The van der Waals surface area contributed by atoms with Crippen molar-refractivity contribution in [2.24, 2.45) is 4.99 Å². The molecule has 2 heterocycles. The lowest BCUT2D eigenvalue weighted by Crippen LogP contribution is -2.55. The number of aliphatic hydroxyl groups excluding tert-OH is 3. The van der Waals surface area contributed by atoms with Gasteiger partial charge in [-0.1, -0.05) is 11.8 Å². The minimum atomic E-state index is -1.13. The molecule has 0 amide bonds. The third kappa shape index (κ3) is 2.87. The average molecular weight is 325 g/mol. The first-order chi connectivity index (χ1) is 10.6. The summed E-state index contributed by atoms with van der Waals surface area (Å²) in [5, 5.41) is 30.0. The average Bonchev–Trinajstić information content (AvgIpc) is 2.96. The highest BCUT2D eigenvalue weighted by molar-refractivity contribution is 8.15. The fraction of sp³-hybridized carbons (Fsp3) is 0.533. The van der Waals surface area contributed by atoms with E-state index in [-0.39, 0.29) is 6.61 Å². The summed E-state index contributed by atoms with van der Waals surface area (Å²) in [6.45, 7) is 2.21. The van der Waals surface area contributed by atoms with Gasteiger partial charge in [0.05, 0.1) is 13.2 Å². The molecule has 1 saturated heterocycles. The van der Waals surface area contributed by atoms with Gasteiger partial charge in [0.15, 0.2) is 0 Å². The number of thioether (sulfide) groups is 1. The van der Waals surface area contributed by atoms with Gasteiger partial charge in [0.2, 0.25) is 0 Å². The van der Waals surface area contributed by atoms with Gasteiger partial charge >= 0.3 is 0 Å². The predicted molar refractivity (Wildman–Crippen MR) is 83.3 cm³/mol. The lowest BCUT2D eigenvalue weighted by molar-refractivity contribution is -0.164. The number of fused-ring (bicyclic) bond motifs is 1. The van der Waals surface area contributed by atoms with Crippen molar-refractivity contribution < 1.29 is 24.8 Å². The van der Waals surface area contributed by atoms with Crippen LogP contribution in [-0.4, -0.2) is 63.4 Å². The van der Waals surface area contributed by atoms with Crippen molar-refractivity contribution in [3.8, 4) is 5.75 Å². The van der Waals surface area contributed by atoms with Crippen LogP contribution in [-0.2, 0) is 4.74 Å². The second kappa shape index (κ2) is 6.55. The normalized spacial score (nSPS) is 34.2. The third-order valence-corrected chi connectivity index (χ3v) is 4.94. The SMILES string of the molecule is CCOc1ccc(C2=N[C@@H]3[C@@H](O)[C@H](O)[C@@H](CO)O[C@@H]3S2)cc1. The minimum absolute atomic E-state index is 0.333. The van der Waals surface area contributed by atoms with E-state index in [1.165, 1.54) is 11.8 Å². The molecule has 22 heavy (non-hydrogen) atoms. The second-order valence-corrected chi connectivity index (χ2v) is 6.29. The van der Waals surface area contributed by atoms with Crippen molar-refractivity contribution in [2.45, 2.75) is 36.7 Å². The molecule has 1 fully saturated rings. The number of rotatable bonds is 4. The fourth-order valence-electron chi connectivity index (χ4n) is 2.58. The smallest absolute Gasteiger partial charge is 0.134 e. The Bertz CT molecular complexity index is 549. The van der Waals surface area contributed by atoms with Crippen molar-refractivity contribution in [2.75, 3.05) is 13.2 Å². The molecule has 3 rings (SSSR count). The van der Waals surface area contributed by atoms with Crippen molar-refractivity contribution in [1.82, 2.24) is 0 Å². The number of hydrogen-bond acceptors (Lipinski definition) is 7. The first-order valence-electron chi connectivity index (χ1n) is 7.24. The maximum absolute atomic E-state index is 10.1. The van der Waals surface area contributed by atoms with Gasteiger partial charge in [-0.25, -0.2) is 0 Å². The molecule has 0 spiro atoms. The standard InChI is InChI=1S/C15H19NO5S/c1-2-20-9-5-3-8(4-6-9)14-16-11-13(19)12(18)10(7-17)21-15(11)22-14/h3-6,10-13,15,17-19H,2,7H2,1H3/t10-,11-,12-,13-,15-/m1/s1. The van der Waals surface area contributed by atoms with Gasteiger partial charge in [-0.15, -0.1) is 0 Å². The summed E-state index contributed by atoms with van der Waals surface area (Å²) in [6.07, 6.45) is -2.95. The maximum atomic E-state index is 10.1. The minimum Gasteiger partial charge on any atom is -0.494 e. The Morgan fingerprint density at radius 2 is 1.95 bits per heavy atom. The van der Waals surface area contributed by atoms with Crippen LogP contribution in [0.2, 0.25) is 0 Å². The molecular formula is C15H19NO5S. The van der Waals surface area contributed by atoms with Crippen molar-refractivity contribution in [1.29, 1.82) is 0 Å². The van der Waals surface area contributed by atoms with Crippen LogP contribution < -0.4 is 4.74 Å². The summed E-state index contributed by atoms with van der Waals surface area (Å²) in [5.74, 6) is 0.791. The Morgan fingerprint density at radius 3 is 2.59 bits per heavy atom. The Labute approximate surface area is 132 Å². The van der Waals surface area contributed by atoms with Crippen molar-refractivity contribution in [3.63, 3.8) is 0 Å². The summed E-state index contributed by atoms with van der Waals surface area (Å²) in [5.41, 5.74) is 0.519. The molecule has 1 aromatic carbocycles. The molecular weight excluding hydrogens is 306 g/mol. The fourth-order valence-corrected chi connectivity index (χ4v) is 3.82. The lowest BCUT2D eigenvalue weighted by Gasteiger charge is -2.37. The van der Waals surface area contributed by atoms with E-state index in [0.717, 1.165) is 16.4 Å². The van der Waals surface area contributed by atoms with E-state index in [1.807, 2.05) is 31.2 Å². The molecule has 3 N–H and O–H groups in total. The Kier molecular flexibility index (Phi) is 4.70. The third-order valence-electron chi connectivity index (χ3n) is 3.75. The van der Waals surface area contributed by atoms with Crippen LogP contribution in [0.4, 0.5) is 0 Å². The number of ether oxygens (including phenoxy) is 2. The van der Waals surface area contributed by atoms with E-state index in [4.69, 9.17) is 9.47 Å². The molecule has 0 radical (unpaired) electrons. The molecule has 5 atom stereocenters. The van der Waals surface area contributed by atoms with Gasteiger partial charge in [0.25, 0.3) is 0 Å². The Balaban J connectivity index is 1.77. The molecule has 1 aromatic rings. The van der Waals surface area contributed by atoms with Crippen LogP contribution >= 0.6 is 11.8 Å².